The van der Waals surface area contributed by atoms with Crippen LogP contribution in [0.4, 0.5) is 0 Å². The van der Waals surface area contributed by atoms with Gasteiger partial charge in [0.25, 0.3) is 0 Å². The summed E-state index contributed by atoms with van der Waals surface area (Å²) in [5.41, 5.74) is 17.3. The lowest BCUT2D eigenvalue weighted by Crippen LogP contribution is -1.98. The van der Waals surface area contributed by atoms with Gasteiger partial charge in [0.15, 0.2) is 0 Å². The molecule has 0 saturated heterocycles. The third-order valence-corrected chi connectivity index (χ3v) is 11.8. The smallest absolute Gasteiger partial charge is 0.135 e. The molecule has 0 amide bonds. The van der Waals surface area contributed by atoms with Crippen LogP contribution in [0.15, 0.2) is 194 Å². The zero-order valence-electron chi connectivity index (χ0n) is 29.9. The van der Waals surface area contributed by atoms with Crippen molar-refractivity contribution in [3.05, 3.63) is 194 Å². The summed E-state index contributed by atoms with van der Waals surface area (Å²) in [5.74, 6) is 1.79. The van der Waals surface area contributed by atoms with Gasteiger partial charge in [-0.2, -0.15) is 0 Å². The second kappa shape index (κ2) is 11.6. The largest absolute Gasteiger partial charge is 0.456 e. The van der Waals surface area contributed by atoms with Crippen molar-refractivity contribution < 1.29 is 4.74 Å². The van der Waals surface area contributed by atoms with Crippen molar-refractivity contribution in [3.63, 3.8) is 0 Å². The molecule has 0 spiro atoms. The SMILES string of the molecule is c1ccc(-c2ccc3c(c2)Oc2ccc(-c4cccc(-c5c6c(c(-c7ccccc7)c7ccccc57)-c5cccc7cccc-6c57)c4)c4cccc-3c24)cc1. The fraction of sp³-hybridized carbons (Fsp3) is 0. The molecule has 0 bridgehead atoms. The van der Waals surface area contributed by atoms with Gasteiger partial charge in [-0.3, -0.25) is 0 Å². The van der Waals surface area contributed by atoms with E-state index in [0.29, 0.717) is 0 Å². The van der Waals surface area contributed by atoms with Gasteiger partial charge in [0.2, 0.25) is 0 Å². The van der Waals surface area contributed by atoms with Crippen LogP contribution in [0.3, 0.4) is 0 Å². The van der Waals surface area contributed by atoms with Gasteiger partial charge < -0.3 is 4.74 Å². The van der Waals surface area contributed by atoms with E-state index in [1.807, 2.05) is 0 Å². The van der Waals surface area contributed by atoms with Crippen molar-refractivity contribution in [2.24, 2.45) is 0 Å². The fourth-order valence-corrected chi connectivity index (χ4v) is 9.48. The van der Waals surface area contributed by atoms with E-state index in [-0.39, 0.29) is 0 Å². The van der Waals surface area contributed by atoms with Crippen molar-refractivity contribution in [1.29, 1.82) is 0 Å². The Bertz CT molecular complexity index is 3200. The highest BCUT2D eigenvalue weighted by atomic mass is 16.5. The molecule has 0 N–H and O–H groups in total. The van der Waals surface area contributed by atoms with E-state index in [0.717, 1.165) is 28.0 Å². The third-order valence-electron chi connectivity index (χ3n) is 11.8. The Morgan fingerprint density at radius 3 is 1.56 bits per heavy atom. The Hall–Kier alpha value is -7.22. The summed E-state index contributed by atoms with van der Waals surface area (Å²) >= 11 is 0. The minimum absolute atomic E-state index is 0.895. The maximum absolute atomic E-state index is 6.70. The predicted molar refractivity (Wildman–Crippen MR) is 231 cm³/mol. The van der Waals surface area contributed by atoms with Gasteiger partial charge in [0, 0.05) is 10.9 Å². The molecule has 1 heterocycles. The van der Waals surface area contributed by atoms with Crippen LogP contribution in [0.2, 0.25) is 0 Å². The molecular formula is C54H32O. The van der Waals surface area contributed by atoms with Crippen LogP contribution in [-0.4, -0.2) is 0 Å². The normalized spacial score (nSPS) is 12.1. The number of rotatable bonds is 4. The highest BCUT2D eigenvalue weighted by molar-refractivity contribution is 6.27. The van der Waals surface area contributed by atoms with Gasteiger partial charge in [-0.05, 0) is 124 Å². The van der Waals surface area contributed by atoms with E-state index in [4.69, 9.17) is 4.74 Å². The topological polar surface area (TPSA) is 9.23 Å². The first-order valence-corrected chi connectivity index (χ1v) is 19.0. The lowest BCUT2D eigenvalue weighted by atomic mass is 9.82. The van der Waals surface area contributed by atoms with E-state index in [1.165, 1.54) is 93.7 Å². The van der Waals surface area contributed by atoms with Crippen LogP contribution in [0.1, 0.15) is 0 Å². The van der Waals surface area contributed by atoms with Gasteiger partial charge in [0.05, 0.1) is 0 Å². The first kappa shape index (κ1) is 30.3. The zero-order valence-corrected chi connectivity index (χ0v) is 29.9. The summed E-state index contributed by atoms with van der Waals surface area (Å²) in [6, 6.07) is 70.8. The standard InChI is InChI=1S/C54H32O/c1-3-13-33(14-4-1)36-27-28-40-42-24-12-23-41-39(29-30-47(52(41)42)55-48(40)32-36)37-19-9-20-38(31-37)51-44-22-8-7-21-43(44)50(35-15-5-2-6-16-35)53-45-25-10-17-34-18-11-26-46(49(34)45)54(51)53/h1-32H. The molecule has 254 valence electrons. The van der Waals surface area contributed by atoms with Crippen molar-refractivity contribution in [2.45, 2.75) is 0 Å². The van der Waals surface area contributed by atoms with Crippen LogP contribution in [0.25, 0.3) is 110 Å². The highest BCUT2D eigenvalue weighted by Gasteiger charge is 2.30. The Morgan fingerprint density at radius 2 is 0.818 bits per heavy atom. The lowest BCUT2D eigenvalue weighted by Gasteiger charge is -2.23. The Labute approximate surface area is 319 Å². The summed E-state index contributed by atoms with van der Waals surface area (Å²) in [4.78, 5) is 0. The average Bonchev–Trinajstić information content (AvgIpc) is 3.58. The molecule has 0 saturated carbocycles. The first-order valence-electron chi connectivity index (χ1n) is 19.0. The number of fused-ring (bicyclic) bond motifs is 6. The maximum Gasteiger partial charge on any atom is 0.135 e. The molecule has 55 heavy (non-hydrogen) atoms. The molecule has 0 aromatic heterocycles. The summed E-state index contributed by atoms with van der Waals surface area (Å²) in [7, 11) is 0. The summed E-state index contributed by atoms with van der Waals surface area (Å²) < 4.78 is 6.70. The van der Waals surface area contributed by atoms with Crippen LogP contribution in [-0.2, 0) is 0 Å². The van der Waals surface area contributed by atoms with E-state index in [1.54, 1.807) is 0 Å². The van der Waals surface area contributed by atoms with Crippen molar-refractivity contribution in [2.75, 3.05) is 0 Å². The van der Waals surface area contributed by atoms with Gasteiger partial charge >= 0.3 is 0 Å². The molecule has 12 rings (SSSR count). The molecule has 10 aromatic rings. The zero-order chi connectivity index (χ0) is 36.0. The van der Waals surface area contributed by atoms with Crippen LogP contribution in [0.5, 0.6) is 11.5 Å². The van der Waals surface area contributed by atoms with Crippen LogP contribution >= 0.6 is 0 Å². The van der Waals surface area contributed by atoms with E-state index in [2.05, 4.69) is 194 Å². The molecular weight excluding hydrogens is 665 g/mol. The van der Waals surface area contributed by atoms with Crippen LogP contribution < -0.4 is 4.74 Å². The monoisotopic (exact) mass is 696 g/mol. The predicted octanol–water partition coefficient (Wildman–Crippen LogP) is 15.2. The molecule has 10 aromatic carbocycles. The van der Waals surface area contributed by atoms with Gasteiger partial charge in [-0.15, -0.1) is 0 Å². The molecule has 1 aliphatic carbocycles. The van der Waals surface area contributed by atoms with Crippen molar-refractivity contribution in [3.8, 4) is 89.4 Å². The van der Waals surface area contributed by atoms with Crippen LogP contribution in [0, 0.1) is 0 Å². The molecule has 0 atom stereocenters. The van der Waals surface area contributed by atoms with E-state index < -0.39 is 0 Å². The summed E-state index contributed by atoms with van der Waals surface area (Å²) in [5, 5.41) is 7.49. The lowest BCUT2D eigenvalue weighted by molar-refractivity contribution is 0.487. The Kier molecular flexibility index (Phi) is 6.40. The second-order valence-corrected chi connectivity index (χ2v) is 14.7. The van der Waals surface area contributed by atoms with Crippen molar-refractivity contribution in [1.82, 2.24) is 0 Å². The molecule has 2 aliphatic rings. The van der Waals surface area contributed by atoms with Crippen molar-refractivity contribution >= 4 is 32.3 Å². The average molecular weight is 697 g/mol. The van der Waals surface area contributed by atoms with Gasteiger partial charge in [-0.1, -0.05) is 170 Å². The van der Waals surface area contributed by atoms with Gasteiger partial charge in [0.1, 0.15) is 11.5 Å². The highest BCUT2D eigenvalue weighted by Crippen LogP contribution is 2.58. The number of ether oxygens (including phenoxy) is 1. The maximum atomic E-state index is 6.70. The molecule has 0 radical (unpaired) electrons. The molecule has 1 aliphatic heterocycles. The molecule has 0 fully saturated rings. The molecule has 1 nitrogen and oxygen atoms in total. The first-order chi connectivity index (χ1) is 27.3. The third kappa shape index (κ3) is 4.41. The summed E-state index contributed by atoms with van der Waals surface area (Å²) in [6.07, 6.45) is 0. The molecule has 1 heteroatoms. The second-order valence-electron chi connectivity index (χ2n) is 14.7. The number of hydrogen-bond donors (Lipinski definition) is 0. The number of benzene rings is 10. The van der Waals surface area contributed by atoms with E-state index in [9.17, 15) is 0 Å². The fourth-order valence-electron chi connectivity index (χ4n) is 9.48. The van der Waals surface area contributed by atoms with Gasteiger partial charge in [-0.25, -0.2) is 0 Å². The Morgan fingerprint density at radius 1 is 0.255 bits per heavy atom. The van der Waals surface area contributed by atoms with E-state index >= 15 is 0 Å². The summed E-state index contributed by atoms with van der Waals surface area (Å²) in [6.45, 7) is 0. The molecule has 0 unspecified atom stereocenters. The minimum atomic E-state index is 0.895. The Balaban J connectivity index is 1.08. The number of hydrogen-bond acceptors (Lipinski definition) is 1. The minimum Gasteiger partial charge on any atom is -0.456 e. The quantitative estimate of drug-likeness (QED) is 0.178.